The predicted octanol–water partition coefficient (Wildman–Crippen LogP) is 4.16. The molecule has 0 amide bonds. The molecule has 3 nitrogen and oxygen atoms in total. The number of rotatable bonds is 3. The Kier molecular flexibility index (Phi) is 4.64. The van der Waals surface area contributed by atoms with E-state index in [4.69, 9.17) is 0 Å². The Morgan fingerprint density at radius 3 is 2.33 bits per heavy atom. The zero-order valence-corrected chi connectivity index (χ0v) is 12.7. The lowest BCUT2D eigenvalue weighted by Crippen LogP contribution is -2.35. The van der Waals surface area contributed by atoms with Gasteiger partial charge < -0.3 is 10.2 Å². The van der Waals surface area contributed by atoms with E-state index in [0.717, 1.165) is 37.8 Å². The maximum Gasteiger partial charge on any atom is 0.416 e. The molecule has 1 saturated carbocycles. The second-order valence-corrected chi connectivity index (χ2v) is 5.87. The van der Waals surface area contributed by atoms with Gasteiger partial charge in [-0.15, -0.1) is 0 Å². The van der Waals surface area contributed by atoms with E-state index in [0.29, 0.717) is 11.7 Å². The van der Waals surface area contributed by atoms with Gasteiger partial charge in [-0.3, -0.25) is 0 Å². The Bertz CT molecular complexity index is 480. The van der Waals surface area contributed by atoms with E-state index >= 15 is 0 Å². The van der Waals surface area contributed by atoms with Gasteiger partial charge in [0.05, 0.1) is 5.56 Å². The SMILES string of the molecule is CNc1cc(C(F)(F)F)cc(N(C)C2CCC(C)CC2)n1. The molecular formula is C15H22F3N3. The molecule has 1 heterocycles. The van der Waals surface area contributed by atoms with E-state index in [9.17, 15) is 13.2 Å². The fourth-order valence-electron chi connectivity index (χ4n) is 2.81. The number of halogens is 3. The number of pyridine rings is 1. The number of aromatic nitrogens is 1. The summed E-state index contributed by atoms with van der Waals surface area (Å²) < 4.78 is 38.9. The van der Waals surface area contributed by atoms with E-state index in [1.165, 1.54) is 0 Å². The molecule has 0 bridgehead atoms. The normalized spacial score (nSPS) is 23.0. The van der Waals surface area contributed by atoms with E-state index in [1.807, 2.05) is 11.9 Å². The third kappa shape index (κ3) is 3.80. The molecule has 6 heteroatoms. The first-order valence-corrected chi connectivity index (χ1v) is 7.31. The van der Waals surface area contributed by atoms with Crippen molar-refractivity contribution in [2.45, 2.75) is 44.8 Å². The molecular weight excluding hydrogens is 279 g/mol. The molecule has 0 aliphatic heterocycles. The molecule has 1 aliphatic rings. The van der Waals surface area contributed by atoms with Crippen LogP contribution in [0.1, 0.15) is 38.2 Å². The van der Waals surface area contributed by atoms with Crippen molar-refractivity contribution in [1.29, 1.82) is 0 Å². The minimum absolute atomic E-state index is 0.246. The highest BCUT2D eigenvalue weighted by atomic mass is 19.4. The summed E-state index contributed by atoms with van der Waals surface area (Å²) in [6.07, 6.45) is -0.111. The first-order valence-electron chi connectivity index (χ1n) is 7.31. The van der Waals surface area contributed by atoms with Gasteiger partial charge in [-0.1, -0.05) is 6.92 Å². The van der Waals surface area contributed by atoms with Crippen LogP contribution in [-0.2, 0) is 6.18 Å². The average molecular weight is 301 g/mol. The van der Waals surface area contributed by atoms with Crippen molar-refractivity contribution in [3.8, 4) is 0 Å². The number of hydrogen-bond acceptors (Lipinski definition) is 3. The maximum absolute atomic E-state index is 13.0. The van der Waals surface area contributed by atoms with Gasteiger partial charge in [-0.05, 0) is 43.7 Å². The number of nitrogens with zero attached hydrogens (tertiary/aromatic N) is 2. The lowest BCUT2D eigenvalue weighted by Gasteiger charge is -2.34. The minimum atomic E-state index is -4.36. The standard InChI is InChI=1S/C15H22F3N3/c1-10-4-6-12(7-5-10)21(3)14-9-11(15(16,17)18)8-13(19-2)20-14/h8-10,12H,4-7H2,1-3H3,(H,19,20). The van der Waals surface area contributed by atoms with Gasteiger partial charge >= 0.3 is 6.18 Å². The summed E-state index contributed by atoms with van der Waals surface area (Å²) in [6, 6.07) is 2.45. The molecule has 0 aromatic carbocycles. The van der Waals surface area contributed by atoms with Crippen molar-refractivity contribution in [2.24, 2.45) is 5.92 Å². The second kappa shape index (κ2) is 6.12. The van der Waals surface area contributed by atoms with Gasteiger partial charge in [-0.2, -0.15) is 13.2 Å². The van der Waals surface area contributed by atoms with Gasteiger partial charge in [0.15, 0.2) is 0 Å². The highest BCUT2D eigenvalue weighted by Gasteiger charge is 2.32. The van der Waals surface area contributed by atoms with Gasteiger partial charge in [-0.25, -0.2) is 4.98 Å². The first kappa shape index (κ1) is 15.9. The van der Waals surface area contributed by atoms with E-state index in [-0.39, 0.29) is 11.9 Å². The summed E-state index contributed by atoms with van der Waals surface area (Å²) in [5.74, 6) is 1.33. The summed E-state index contributed by atoms with van der Waals surface area (Å²) in [7, 11) is 3.41. The number of nitrogens with one attached hydrogen (secondary N) is 1. The molecule has 0 saturated heterocycles. The first-order chi connectivity index (χ1) is 9.81. The van der Waals surface area contributed by atoms with Crippen LogP contribution in [-0.4, -0.2) is 25.1 Å². The Balaban J connectivity index is 2.25. The Morgan fingerprint density at radius 2 is 1.81 bits per heavy atom. The molecule has 1 aromatic heterocycles. The smallest absolute Gasteiger partial charge is 0.373 e. The fourth-order valence-corrected chi connectivity index (χ4v) is 2.81. The molecule has 1 aliphatic carbocycles. The van der Waals surface area contributed by atoms with Crippen LogP contribution in [0.5, 0.6) is 0 Å². The van der Waals surface area contributed by atoms with Gasteiger partial charge in [0.2, 0.25) is 0 Å². The molecule has 1 N–H and O–H groups in total. The highest BCUT2D eigenvalue weighted by Crippen LogP contribution is 2.34. The van der Waals surface area contributed by atoms with E-state index < -0.39 is 11.7 Å². The summed E-state index contributed by atoms with van der Waals surface area (Å²) in [5.41, 5.74) is -0.659. The topological polar surface area (TPSA) is 28.2 Å². The van der Waals surface area contributed by atoms with Gasteiger partial charge in [0.25, 0.3) is 0 Å². The zero-order chi connectivity index (χ0) is 15.6. The maximum atomic E-state index is 13.0. The van der Waals surface area contributed by atoms with Crippen molar-refractivity contribution >= 4 is 11.6 Å². The van der Waals surface area contributed by atoms with Gasteiger partial charge in [0, 0.05) is 20.1 Å². The van der Waals surface area contributed by atoms with Crippen molar-refractivity contribution < 1.29 is 13.2 Å². The second-order valence-electron chi connectivity index (χ2n) is 5.87. The largest absolute Gasteiger partial charge is 0.416 e. The number of hydrogen-bond donors (Lipinski definition) is 1. The Labute approximate surface area is 123 Å². The van der Waals surface area contributed by atoms with Crippen LogP contribution < -0.4 is 10.2 Å². The third-order valence-electron chi connectivity index (χ3n) is 4.29. The molecule has 21 heavy (non-hydrogen) atoms. The van der Waals surface area contributed by atoms with Crippen LogP contribution in [0.4, 0.5) is 24.8 Å². The summed E-state index contributed by atoms with van der Waals surface area (Å²) in [6.45, 7) is 2.22. The highest BCUT2D eigenvalue weighted by molar-refractivity contribution is 5.51. The Morgan fingerprint density at radius 1 is 1.19 bits per heavy atom. The van der Waals surface area contributed by atoms with Crippen molar-refractivity contribution in [2.75, 3.05) is 24.3 Å². The van der Waals surface area contributed by atoms with Crippen LogP contribution in [0.3, 0.4) is 0 Å². The van der Waals surface area contributed by atoms with Crippen LogP contribution in [0.25, 0.3) is 0 Å². The molecule has 0 atom stereocenters. The average Bonchev–Trinajstić information content (AvgIpc) is 2.46. The molecule has 2 rings (SSSR count). The molecule has 1 aromatic rings. The zero-order valence-electron chi connectivity index (χ0n) is 12.7. The third-order valence-corrected chi connectivity index (χ3v) is 4.29. The van der Waals surface area contributed by atoms with E-state index in [2.05, 4.69) is 17.2 Å². The molecule has 0 unspecified atom stereocenters. The van der Waals surface area contributed by atoms with Crippen LogP contribution in [0, 0.1) is 5.92 Å². The van der Waals surface area contributed by atoms with Crippen LogP contribution in [0.2, 0.25) is 0 Å². The van der Waals surface area contributed by atoms with Crippen LogP contribution in [0.15, 0.2) is 12.1 Å². The Hall–Kier alpha value is -1.46. The monoisotopic (exact) mass is 301 g/mol. The van der Waals surface area contributed by atoms with Crippen molar-refractivity contribution in [3.05, 3.63) is 17.7 Å². The van der Waals surface area contributed by atoms with E-state index in [1.54, 1.807) is 7.05 Å². The molecule has 118 valence electrons. The van der Waals surface area contributed by atoms with Crippen molar-refractivity contribution in [3.63, 3.8) is 0 Å². The van der Waals surface area contributed by atoms with Crippen LogP contribution >= 0.6 is 0 Å². The predicted molar refractivity (Wildman–Crippen MR) is 78.6 cm³/mol. The summed E-state index contributed by atoms with van der Waals surface area (Å²) in [4.78, 5) is 6.17. The number of alkyl halides is 3. The summed E-state index contributed by atoms with van der Waals surface area (Å²) in [5, 5.41) is 2.71. The fraction of sp³-hybridized carbons (Fsp3) is 0.667. The van der Waals surface area contributed by atoms with Gasteiger partial charge in [0.1, 0.15) is 11.6 Å². The number of anilines is 2. The lowest BCUT2D eigenvalue weighted by molar-refractivity contribution is -0.137. The summed E-state index contributed by atoms with van der Waals surface area (Å²) >= 11 is 0. The molecule has 0 radical (unpaired) electrons. The lowest BCUT2D eigenvalue weighted by atomic mass is 9.87. The van der Waals surface area contributed by atoms with Crippen molar-refractivity contribution in [1.82, 2.24) is 4.98 Å². The minimum Gasteiger partial charge on any atom is -0.373 e. The molecule has 1 fully saturated rings. The molecule has 0 spiro atoms. The quantitative estimate of drug-likeness (QED) is 0.908.